The molecule has 0 bridgehead atoms. The topological polar surface area (TPSA) is 29.9 Å². The number of nitrogens with one attached hydrogen (secondary N) is 1. The number of aromatic nitrogens is 2. The van der Waals surface area contributed by atoms with Gasteiger partial charge in [-0.25, -0.2) is 0 Å². The minimum Gasteiger partial charge on any atom is -0.317 e. The van der Waals surface area contributed by atoms with Gasteiger partial charge in [-0.1, -0.05) is 26.7 Å². The number of aryl methyl sites for hydroxylation is 2. The van der Waals surface area contributed by atoms with Crippen molar-refractivity contribution in [3.05, 3.63) is 15.9 Å². The van der Waals surface area contributed by atoms with Crippen LogP contribution in [0.25, 0.3) is 0 Å². The van der Waals surface area contributed by atoms with Gasteiger partial charge in [-0.05, 0) is 66.9 Å². The molecule has 1 aliphatic rings. The zero-order valence-electron chi connectivity index (χ0n) is 14.0. The number of nitrogens with zero attached hydrogens (tertiary/aromatic N) is 2. The van der Waals surface area contributed by atoms with Gasteiger partial charge in [-0.2, -0.15) is 5.10 Å². The Hall–Kier alpha value is -0.350. The zero-order chi connectivity index (χ0) is 15.4. The van der Waals surface area contributed by atoms with Gasteiger partial charge in [0.1, 0.15) is 0 Å². The fourth-order valence-corrected chi connectivity index (χ4v) is 4.71. The summed E-state index contributed by atoms with van der Waals surface area (Å²) in [4.78, 5) is 0. The molecule has 3 atom stereocenters. The maximum Gasteiger partial charge on any atom is 0.0766 e. The van der Waals surface area contributed by atoms with Crippen molar-refractivity contribution in [3.63, 3.8) is 0 Å². The maximum atomic E-state index is 4.65. The number of hydrogen-bond donors (Lipinski definition) is 1. The number of rotatable bonds is 6. The molecule has 4 heteroatoms. The van der Waals surface area contributed by atoms with Gasteiger partial charge < -0.3 is 5.32 Å². The second kappa shape index (κ2) is 7.77. The molecular formula is C17H30BrN3. The van der Waals surface area contributed by atoms with E-state index in [2.05, 4.69) is 59.0 Å². The molecule has 21 heavy (non-hydrogen) atoms. The summed E-state index contributed by atoms with van der Waals surface area (Å²) in [7, 11) is 4.20. The van der Waals surface area contributed by atoms with E-state index in [1.165, 1.54) is 48.0 Å². The highest BCUT2D eigenvalue weighted by Gasteiger charge is 2.30. The van der Waals surface area contributed by atoms with Gasteiger partial charge in [0.25, 0.3) is 0 Å². The summed E-state index contributed by atoms with van der Waals surface area (Å²) in [5.74, 6) is 1.65. The molecule has 0 aromatic carbocycles. The molecule has 1 aromatic rings. The van der Waals surface area contributed by atoms with E-state index in [4.69, 9.17) is 0 Å². The Bertz CT molecular complexity index is 455. The van der Waals surface area contributed by atoms with E-state index in [-0.39, 0.29) is 0 Å². The highest BCUT2D eigenvalue weighted by atomic mass is 79.9. The van der Waals surface area contributed by atoms with E-state index >= 15 is 0 Å². The van der Waals surface area contributed by atoms with Crippen LogP contribution in [0.1, 0.15) is 57.3 Å². The average Bonchev–Trinajstić information content (AvgIpc) is 2.75. The SMILES string of the molecule is CCCC1CCC(NC)C(Cc2c(Br)c(CC)nn2C)C1. The lowest BCUT2D eigenvalue weighted by molar-refractivity contribution is 0.198. The average molecular weight is 356 g/mol. The molecule has 0 radical (unpaired) electrons. The van der Waals surface area contributed by atoms with E-state index < -0.39 is 0 Å². The maximum absolute atomic E-state index is 4.65. The third kappa shape index (κ3) is 3.89. The molecule has 1 fully saturated rings. The molecule has 0 amide bonds. The number of halogens is 1. The molecule has 3 nitrogen and oxygen atoms in total. The Labute approximate surface area is 138 Å². The first-order valence-corrected chi connectivity index (χ1v) is 9.27. The summed E-state index contributed by atoms with van der Waals surface area (Å²) in [6, 6.07) is 0.657. The lowest BCUT2D eigenvalue weighted by Gasteiger charge is -2.36. The summed E-state index contributed by atoms with van der Waals surface area (Å²) in [5, 5.41) is 8.20. The summed E-state index contributed by atoms with van der Waals surface area (Å²) >= 11 is 3.77. The summed E-state index contributed by atoms with van der Waals surface area (Å²) in [5.41, 5.74) is 2.56. The van der Waals surface area contributed by atoms with E-state index in [1.807, 2.05) is 0 Å². The first-order valence-electron chi connectivity index (χ1n) is 8.48. The lowest BCUT2D eigenvalue weighted by Crippen LogP contribution is -2.40. The van der Waals surface area contributed by atoms with E-state index in [9.17, 15) is 0 Å². The molecule has 0 aliphatic heterocycles. The second-order valence-electron chi connectivity index (χ2n) is 6.51. The highest BCUT2D eigenvalue weighted by molar-refractivity contribution is 9.10. The quantitative estimate of drug-likeness (QED) is 0.832. The molecular weight excluding hydrogens is 326 g/mol. The molecule has 1 N–H and O–H groups in total. The highest BCUT2D eigenvalue weighted by Crippen LogP contribution is 2.35. The molecule has 1 heterocycles. The standard InChI is InChI=1S/C17H30BrN3/c1-5-7-12-8-9-15(19-3)13(10-12)11-16-17(18)14(6-2)20-21(16)4/h12-13,15,19H,5-11H2,1-4H3. The van der Waals surface area contributed by atoms with Crippen molar-refractivity contribution in [2.45, 2.75) is 64.8 Å². The van der Waals surface area contributed by atoms with E-state index in [1.54, 1.807) is 0 Å². The summed E-state index contributed by atoms with van der Waals surface area (Å²) in [6.45, 7) is 4.48. The van der Waals surface area contributed by atoms with Crippen LogP contribution in [0, 0.1) is 11.8 Å². The van der Waals surface area contributed by atoms with Crippen molar-refractivity contribution in [2.24, 2.45) is 18.9 Å². The van der Waals surface area contributed by atoms with Crippen molar-refractivity contribution < 1.29 is 0 Å². The van der Waals surface area contributed by atoms with Crippen molar-refractivity contribution >= 4 is 15.9 Å². The molecule has 0 saturated heterocycles. The molecule has 1 aromatic heterocycles. The fraction of sp³-hybridized carbons (Fsp3) is 0.824. The van der Waals surface area contributed by atoms with Gasteiger partial charge in [0, 0.05) is 13.1 Å². The van der Waals surface area contributed by atoms with Crippen LogP contribution in [0.3, 0.4) is 0 Å². The third-order valence-electron chi connectivity index (χ3n) is 5.12. The lowest BCUT2D eigenvalue weighted by atomic mass is 9.74. The van der Waals surface area contributed by atoms with E-state index in [0.717, 1.165) is 24.7 Å². The van der Waals surface area contributed by atoms with Gasteiger partial charge in [0.15, 0.2) is 0 Å². The van der Waals surface area contributed by atoms with Gasteiger partial charge in [-0.15, -0.1) is 0 Å². The van der Waals surface area contributed by atoms with Gasteiger partial charge in [-0.3, -0.25) is 4.68 Å². The predicted octanol–water partition coefficient (Wildman–Crippen LogP) is 4.09. The Morgan fingerprint density at radius 1 is 1.33 bits per heavy atom. The van der Waals surface area contributed by atoms with Crippen molar-refractivity contribution in [2.75, 3.05) is 7.05 Å². The van der Waals surface area contributed by atoms with Crippen LogP contribution in [-0.4, -0.2) is 22.9 Å². The monoisotopic (exact) mass is 355 g/mol. The zero-order valence-corrected chi connectivity index (χ0v) is 15.5. The number of hydrogen-bond acceptors (Lipinski definition) is 2. The fourth-order valence-electron chi connectivity index (χ4n) is 3.93. The van der Waals surface area contributed by atoms with Crippen LogP contribution in [0.15, 0.2) is 4.47 Å². The first kappa shape index (κ1) is 17.0. The Morgan fingerprint density at radius 2 is 2.10 bits per heavy atom. The van der Waals surface area contributed by atoms with Crippen molar-refractivity contribution in [3.8, 4) is 0 Å². The minimum atomic E-state index is 0.657. The second-order valence-corrected chi connectivity index (χ2v) is 7.30. The Kier molecular flexibility index (Phi) is 6.30. The Morgan fingerprint density at radius 3 is 2.67 bits per heavy atom. The van der Waals surface area contributed by atoms with E-state index in [0.29, 0.717) is 6.04 Å². The molecule has 1 aliphatic carbocycles. The largest absolute Gasteiger partial charge is 0.317 e. The van der Waals surface area contributed by atoms with Crippen LogP contribution in [0.5, 0.6) is 0 Å². The van der Waals surface area contributed by atoms with Crippen LogP contribution >= 0.6 is 15.9 Å². The minimum absolute atomic E-state index is 0.657. The molecule has 3 unspecified atom stereocenters. The smallest absolute Gasteiger partial charge is 0.0766 e. The van der Waals surface area contributed by atoms with Crippen LogP contribution in [-0.2, 0) is 19.9 Å². The third-order valence-corrected chi connectivity index (χ3v) is 6.03. The summed E-state index contributed by atoms with van der Waals surface area (Å²) < 4.78 is 3.32. The van der Waals surface area contributed by atoms with Crippen molar-refractivity contribution in [1.29, 1.82) is 0 Å². The molecule has 0 spiro atoms. The van der Waals surface area contributed by atoms with Crippen LogP contribution in [0.4, 0.5) is 0 Å². The normalized spacial score (nSPS) is 26.2. The predicted molar refractivity (Wildman–Crippen MR) is 92.6 cm³/mol. The first-order chi connectivity index (χ1) is 10.1. The van der Waals surface area contributed by atoms with Gasteiger partial charge in [0.2, 0.25) is 0 Å². The van der Waals surface area contributed by atoms with Crippen LogP contribution in [0.2, 0.25) is 0 Å². The summed E-state index contributed by atoms with van der Waals surface area (Å²) in [6.07, 6.45) is 8.91. The molecule has 2 rings (SSSR count). The molecule has 120 valence electrons. The Balaban J connectivity index is 2.13. The van der Waals surface area contributed by atoms with Gasteiger partial charge >= 0.3 is 0 Å². The molecule has 1 saturated carbocycles. The van der Waals surface area contributed by atoms with Crippen LogP contribution < -0.4 is 5.32 Å². The van der Waals surface area contributed by atoms with Crippen molar-refractivity contribution in [1.82, 2.24) is 15.1 Å². The van der Waals surface area contributed by atoms with Gasteiger partial charge in [0.05, 0.1) is 15.9 Å².